The summed E-state index contributed by atoms with van der Waals surface area (Å²) in [6.07, 6.45) is 3.08. The van der Waals surface area contributed by atoms with Crippen LogP contribution in [0.5, 0.6) is 0 Å². The molecule has 0 bridgehead atoms. The average Bonchev–Trinajstić information content (AvgIpc) is 2.88. The molecule has 0 N–H and O–H groups in total. The molecule has 1 heterocycles. The molecule has 0 spiro atoms. The second kappa shape index (κ2) is 9.12. The Morgan fingerprint density at radius 3 is 2.42 bits per heavy atom. The molecule has 0 saturated heterocycles. The van der Waals surface area contributed by atoms with Crippen LogP contribution in [0.25, 0.3) is 16.3 Å². The topological polar surface area (TPSA) is 79.5 Å². The molecule has 24 heavy (non-hydrogen) atoms. The zero-order valence-corrected chi connectivity index (χ0v) is 16.2. The van der Waals surface area contributed by atoms with Crippen LogP contribution in [0.4, 0.5) is 0 Å². The second-order valence-corrected chi connectivity index (χ2v) is 7.11. The van der Waals surface area contributed by atoms with E-state index in [2.05, 4.69) is 53.8 Å². The van der Waals surface area contributed by atoms with Crippen molar-refractivity contribution >= 4 is 38.0 Å². The van der Waals surface area contributed by atoms with Gasteiger partial charge in [-0.25, -0.2) is 8.42 Å². The third-order valence-corrected chi connectivity index (χ3v) is 4.82. The average molecular weight is 373 g/mol. The summed E-state index contributed by atoms with van der Waals surface area (Å²) in [4.78, 5) is 0. The number of aryl methyl sites for hydroxylation is 2. The van der Waals surface area contributed by atoms with Crippen molar-refractivity contribution in [2.24, 2.45) is 0 Å². The molecular formula is C16H23NO5S2. The van der Waals surface area contributed by atoms with Gasteiger partial charge in [-0.2, -0.15) is 4.57 Å². The van der Waals surface area contributed by atoms with Crippen molar-refractivity contribution in [1.82, 2.24) is 0 Å². The van der Waals surface area contributed by atoms with Crippen molar-refractivity contribution in [2.75, 3.05) is 14.2 Å². The molecule has 0 aliphatic heterocycles. The molecule has 0 unspecified atom stereocenters. The summed E-state index contributed by atoms with van der Waals surface area (Å²) in [7, 11) is -1.86. The van der Waals surface area contributed by atoms with Crippen molar-refractivity contribution in [2.45, 2.75) is 33.7 Å². The summed E-state index contributed by atoms with van der Waals surface area (Å²) in [6.45, 7) is 7.42. The SMILES string of the molecule is CC/C(=C\c1sc2ccc(C)cc2[n+]1CC)OC.COS(=O)(=O)[O-]. The number of nitrogens with zero attached hydrogens (tertiary/aromatic N) is 1. The second-order valence-electron chi connectivity index (χ2n) is 4.90. The van der Waals surface area contributed by atoms with Crippen molar-refractivity contribution in [3.63, 3.8) is 0 Å². The Bertz CT molecular complexity index is 803. The van der Waals surface area contributed by atoms with E-state index in [4.69, 9.17) is 4.74 Å². The molecule has 2 rings (SSSR count). The number of allylic oxidation sites excluding steroid dienone is 1. The molecule has 1 aromatic carbocycles. The maximum atomic E-state index is 9.22. The minimum atomic E-state index is -4.41. The highest BCUT2D eigenvalue weighted by molar-refractivity contribution is 7.80. The highest BCUT2D eigenvalue weighted by Gasteiger charge is 2.17. The number of fused-ring (bicyclic) bond motifs is 1. The summed E-state index contributed by atoms with van der Waals surface area (Å²) in [5.74, 6) is 1.03. The lowest BCUT2D eigenvalue weighted by Gasteiger charge is -2.00. The van der Waals surface area contributed by atoms with Crippen LogP contribution in [0.15, 0.2) is 24.0 Å². The van der Waals surface area contributed by atoms with E-state index in [1.165, 1.54) is 20.8 Å². The first-order chi connectivity index (χ1) is 11.3. The van der Waals surface area contributed by atoms with E-state index in [-0.39, 0.29) is 0 Å². The van der Waals surface area contributed by atoms with Crippen LogP contribution in [0, 0.1) is 6.92 Å². The maximum Gasteiger partial charge on any atom is 0.266 e. The standard InChI is InChI=1S/C15H20NOS.CH4O4S/c1-5-12(17-4)10-15-16(6-2)13-9-11(3)7-8-14(13)18-15;1-5-6(2,3)4/h7-10H,5-6H2,1-4H3;1H3,(H,2,3,4)/q+1;/p-1/b12-10+;. The van der Waals surface area contributed by atoms with E-state index < -0.39 is 10.4 Å². The molecule has 0 radical (unpaired) electrons. The van der Waals surface area contributed by atoms with Gasteiger partial charge in [-0.1, -0.05) is 24.3 Å². The number of rotatable bonds is 5. The van der Waals surface area contributed by atoms with Gasteiger partial charge in [0.25, 0.3) is 5.01 Å². The Hall–Kier alpha value is -1.48. The summed E-state index contributed by atoms with van der Waals surface area (Å²) in [5, 5.41) is 1.26. The Morgan fingerprint density at radius 1 is 1.33 bits per heavy atom. The fraction of sp³-hybridized carbons (Fsp3) is 0.438. The molecule has 0 aliphatic carbocycles. The fourth-order valence-corrected chi connectivity index (χ4v) is 3.25. The van der Waals surface area contributed by atoms with Gasteiger partial charge in [0.1, 0.15) is 17.0 Å². The molecule has 2 aromatic rings. The molecular weight excluding hydrogens is 350 g/mol. The lowest BCUT2D eigenvalue weighted by Crippen LogP contribution is -2.33. The fourth-order valence-electron chi connectivity index (χ4n) is 2.09. The van der Waals surface area contributed by atoms with Crippen LogP contribution in [-0.2, 0) is 25.9 Å². The Kier molecular flexibility index (Phi) is 7.82. The Labute approximate surface area is 147 Å². The van der Waals surface area contributed by atoms with E-state index in [0.717, 1.165) is 25.8 Å². The van der Waals surface area contributed by atoms with Crippen LogP contribution < -0.4 is 4.57 Å². The van der Waals surface area contributed by atoms with Gasteiger partial charge >= 0.3 is 0 Å². The summed E-state index contributed by atoms with van der Waals surface area (Å²) >= 11 is 1.82. The molecule has 0 saturated carbocycles. The summed E-state index contributed by atoms with van der Waals surface area (Å²) in [5.41, 5.74) is 2.63. The third kappa shape index (κ3) is 5.86. The first-order valence-electron chi connectivity index (χ1n) is 7.44. The van der Waals surface area contributed by atoms with Crippen LogP contribution in [0.1, 0.15) is 30.8 Å². The first-order valence-corrected chi connectivity index (χ1v) is 9.59. The van der Waals surface area contributed by atoms with Crippen LogP contribution in [0.3, 0.4) is 0 Å². The van der Waals surface area contributed by atoms with E-state index in [9.17, 15) is 13.0 Å². The first kappa shape index (κ1) is 20.6. The normalized spacial score (nSPS) is 12.0. The number of hydrogen-bond donors (Lipinski definition) is 0. The number of benzene rings is 1. The number of thiazole rings is 1. The molecule has 0 fully saturated rings. The predicted octanol–water partition coefficient (Wildman–Crippen LogP) is 3.01. The van der Waals surface area contributed by atoms with Gasteiger partial charge < -0.3 is 9.29 Å². The van der Waals surface area contributed by atoms with Crippen molar-refractivity contribution in [3.05, 3.63) is 34.5 Å². The van der Waals surface area contributed by atoms with Gasteiger partial charge in [-0.05, 0) is 25.5 Å². The van der Waals surface area contributed by atoms with E-state index in [1.54, 1.807) is 7.11 Å². The monoisotopic (exact) mass is 373 g/mol. The van der Waals surface area contributed by atoms with Gasteiger partial charge in [0, 0.05) is 12.5 Å². The minimum Gasteiger partial charge on any atom is -0.726 e. The van der Waals surface area contributed by atoms with Crippen molar-refractivity contribution < 1.29 is 26.5 Å². The number of methoxy groups -OCH3 is 1. The van der Waals surface area contributed by atoms with Gasteiger partial charge in [-0.3, -0.25) is 4.18 Å². The van der Waals surface area contributed by atoms with Crippen LogP contribution in [0.2, 0.25) is 0 Å². The molecule has 0 amide bonds. The summed E-state index contributed by atoms with van der Waals surface area (Å²) < 4.78 is 40.1. The number of ether oxygens (including phenoxy) is 1. The lowest BCUT2D eigenvalue weighted by atomic mass is 10.2. The zero-order valence-electron chi connectivity index (χ0n) is 14.5. The predicted molar refractivity (Wildman–Crippen MR) is 94.4 cm³/mol. The van der Waals surface area contributed by atoms with Crippen molar-refractivity contribution in [1.29, 1.82) is 0 Å². The lowest BCUT2D eigenvalue weighted by molar-refractivity contribution is -0.665. The largest absolute Gasteiger partial charge is 0.726 e. The smallest absolute Gasteiger partial charge is 0.266 e. The highest BCUT2D eigenvalue weighted by atomic mass is 32.3. The maximum absolute atomic E-state index is 9.22. The molecule has 1 aromatic heterocycles. The molecule has 0 aliphatic rings. The van der Waals surface area contributed by atoms with Crippen molar-refractivity contribution in [3.8, 4) is 0 Å². The van der Waals surface area contributed by atoms with Gasteiger partial charge in [-0.15, -0.1) is 0 Å². The zero-order chi connectivity index (χ0) is 18.3. The molecule has 6 nitrogen and oxygen atoms in total. The van der Waals surface area contributed by atoms with E-state index in [0.29, 0.717) is 0 Å². The number of aromatic nitrogens is 1. The Morgan fingerprint density at radius 2 is 1.96 bits per heavy atom. The molecule has 134 valence electrons. The quantitative estimate of drug-likeness (QED) is 0.348. The third-order valence-electron chi connectivity index (χ3n) is 3.30. The van der Waals surface area contributed by atoms with Crippen LogP contribution in [-0.4, -0.2) is 27.2 Å². The van der Waals surface area contributed by atoms with Gasteiger partial charge in [0.05, 0.1) is 20.3 Å². The van der Waals surface area contributed by atoms with E-state index in [1.807, 2.05) is 11.3 Å². The highest BCUT2D eigenvalue weighted by Crippen LogP contribution is 2.23. The Balaban J connectivity index is 0.000000413. The number of hydrogen-bond acceptors (Lipinski definition) is 6. The summed E-state index contributed by atoms with van der Waals surface area (Å²) in [6, 6.07) is 6.63. The molecule has 8 heteroatoms. The van der Waals surface area contributed by atoms with Gasteiger partial charge in [0.2, 0.25) is 15.9 Å². The minimum absolute atomic E-state index is 0.808. The molecule has 0 atom stereocenters. The van der Waals surface area contributed by atoms with E-state index >= 15 is 0 Å². The van der Waals surface area contributed by atoms with Gasteiger partial charge in [0.15, 0.2) is 0 Å². The van der Waals surface area contributed by atoms with Crippen LogP contribution >= 0.6 is 11.3 Å².